The smallest absolute Gasteiger partial charge is 0.245 e. The maximum atomic E-state index is 13.1. The van der Waals surface area contributed by atoms with Crippen molar-refractivity contribution in [3.8, 4) is 0 Å². The topological polar surface area (TPSA) is 66.7 Å². The highest BCUT2D eigenvalue weighted by atomic mass is 32.1. The number of carbonyl (C=O) groups excluding carboxylic acids is 2. The molecule has 1 aromatic heterocycles. The molecule has 0 unspecified atom stereocenters. The van der Waals surface area contributed by atoms with Gasteiger partial charge in [-0.25, -0.2) is 4.98 Å². The lowest BCUT2D eigenvalue weighted by Crippen LogP contribution is -3.12. The zero-order chi connectivity index (χ0) is 21.1. The highest BCUT2D eigenvalue weighted by molar-refractivity contribution is 7.15. The molecule has 2 N–H and O–H groups in total. The standard InChI is InChI=1S/C21H38N4O2S/c1-7-11-12-18(8-2)20(27)25(14-13-24(9-3)10-4)15-19(26)23-21-22-16(5)17(6)28-21/h18H,7-15H2,1-6H3,(H,22,23,26)/p+1/t18-/m1/s1. The van der Waals surface area contributed by atoms with Crippen LogP contribution in [0, 0.1) is 19.8 Å². The number of aryl methyl sites for hydroxylation is 2. The summed E-state index contributed by atoms with van der Waals surface area (Å²) >= 11 is 1.47. The molecule has 0 bridgehead atoms. The van der Waals surface area contributed by atoms with Gasteiger partial charge in [-0.1, -0.05) is 26.7 Å². The lowest BCUT2D eigenvalue weighted by molar-refractivity contribution is -0.895. The molecule has 0 aliphatic heterocycles. The number of carbonyl (C=O) groups is 2. The highest BCUT2D eigenvalue weighted by Crippen LogP contribution is 2.21. The van der Waals surface area contributed by atoms with Crippen molar-refractivity contribution in [3.63, 3.8) is 0 Å². The molecule has 0 radical (unpaired) electrons. The van der Waals surface area contributed by atoms with Crippen LogP contribution < -0.4 is 10.2 Å². The third kappa shape index (κ3) is 7.87. The molecular formula is C21H39N4O2S+. The molecule has 0 spiro atoms. The van der Waals surface area contributed by atoms with Crippen LogP contribution in [0.25, 0.3) is 0 Å². The van der Waals surface area contributed by atoms with Gasteiger partial charge in [-0.3, -0.25) is 9.59 Å². The summed E-state index contributed by atoms with van der Waals surface area (Å²) in [6.45, 7) is 16.1. The largest absolute Gasteiger partial charge is 0.334 e. The second-order valence-corrected chi connectivity index (χ2v) is 8.63. The Morgan fingerprint density at radius 3 is 2.36 bits per heavy atom. The molecule has 0 aromatic carbocycles. The fourth-order valence-electron chi connectivity index (χ4n) is 3.23. The van der Waals surface area contributed by atoms with Crippen LogP contribution >= 0.6 is 11.3 Å². The van der Waals surface area contributed by atoms with Crippen molar-refractivity contribution >= 4 is 28.3 Å². The van der Waals surface area contributed by atoms with Crippen molar-refractivity contribution in [2.75, 3.05) is 38.0 Å². The van der Waals surface area contributed by atoms with E-state index in [1.165, 1.54) is 16.2 Å². The average molecular weight is 412 g/mol. The van der Waals surface area contributed by atoms with Gasteiger partial charge in [-0.2, -0.15) is 0 Å². The number of amides is 2. The van der Waals surface area contributed by atoms with Crippen molar-refractivity contribution in [1.82, 2.24) is 9.88 Å². The van der Waals surface area contributed by atoms with E-state index in [1.54, 1.807) is 4.90 Å². The molecule has 0 saturated heterocycles. The summed E-state index contributed by atoms with van der Waals surface area (Å²) in [5.41, 5.74) is 0.934. The third-order valence-electron chi connectivity index (χ3n) is 5.40. The zero-order valence-electron chi connectivity index (χ0n) is 18.6. The number of unbranched alkanes of at least 4 members (excludes halogenated alkanes) is 1. The van der Waals surface area contributed by atoms with Crippen LogP contribution in [0.2, 0.25) is 0 Å². The lowest BCUT2D eigenvalue weighted by Gasteiger charge is -2.28. The van der Waals surface area contributed by atoms with Crippen molar-refractivity contribution < 1.29 is 14.5 Å². The maximum absolute atomic E-state index is 13.1. The fraction of sp³-hybridized carbons (Fsp3) is 0.762. The van der Waals surface area contributed by atoms with E-state index in [9.17, 15) is 9.59 Å². The van der Waals surface area contributed by atoms with Crippen LogP contribution in [-0.2, 0) is 9.59 Å². The van der Waals surface area contributed by atoms with Gasteiger partial charge >= 0.3 is 0 Å². The Morgan fingerprint density at radius 1 is 1.18 bits per heavy atom. The van der Waals surface area contributed by atoms with Gasteiger partial charge in [0.05, 0.1) is 31.9 Å². The van der Waals surface area contributed by atoms with Crippen molar-refractivity contribution in [3.05, 3.63) is 10.6 Å². The normalized spacial score (nSPS) is 12.2. The summed E-state index contributed by atoms with van der Waals surface area (Å²) in [6, 6.07) is 0. The number of thiazole rings is 1. The van der Waals surface area contributed by atoms with E-state index >= 15 is 0 Å². The number of aromatic nitrogens is 1. The number of likely N-dealkylation sites (N-methyl/N-ethyl adjacent to an activating group) is 1. The summed E-state index contributed by atoms with van der Waals surface area (Å²) in [6.07, 6.45) is 3.84. The second-order valence-electron chi connectivity index (χ2n) is 7.42. The monoisotopic (exact) mass is 411 g/mol. The number of hydrogen-bond acceptors (Lipinski definition) is 4. The number of nitrogens with one attached hydrogen (secondary N) is 2. The van der Waals surface area contributed by atoms with Gasteiger partial charge in [-0.05, 0) is 40.5 Å². The Kier molecular flexibility index (Phi) is 11.3. The minimum absolute atomic E-state index is 0.00352. The van der Waals surface area contributed by atoms with Crippen LogP contribution in [0.15, 0.2) is 0 Å². The van der Waals surface area contributed by atoms with Gasteiger partial charge in [-0.15, -0.1) is 11.3 Å². The lowest BCUT2D eigenvalue weighted by atomic mass is 9.97. The molecule has 6 nitrogen and oxygen atoms in total. The van der Waals surface area contributed by atoms with E-state index in [4.69, 9.17) is 0 Å². The van der Waals surface area contributed by atoms with Crippen LogP contribution in [0.5, 0.6) is 0 Å². The molecule has 0 aliphatic carbocycles. The average Bonchev–Trinajstić information content (AvgIpc) is 2.98. The predicted molar refractivity (Wildman–Crippen MR) is 117 cm³/mol. The molecule has 1 atom stereocenters. The summed E-state index contributed by atoms with van der Waals surface area (Å²) in [5, 5.41) is 3.48. The third-order valence-corrected chi connectivity index (χ3v) is 6.39. The Balaban J connectivity index is 2.82. The van der Waals surface area contributed by atoms with Crippen LogP contribution in [0.4, 0.5) is 5.13 Å². The Morgan fingerprint density at radius 2 is 1.86 bits per heavy atom. The summed E-state index contributed by atoms with van der Waals surface area (Å²) in [5.74, 6) is -0.0463. The molecule has 28 heavy (non-hydrogen) atoms. The maximum Gasteiger partial charge on any atom is 0.245 e. The van der Waals surface area contributed by atoms with Crippen LogP contribution in [0.1, 0.15) is 63.9 Å². The molecule has 2 amide bonds. The summed E-state index contributed by atoms with van der Waals surface area (Å²) in [7, 11) is 0. The van der Waals surface area contributed by atoms with E-state index in [2.05, 4.69) is 38.0 Å². The van der Waals surface area contributed by atoms with Gasteiger partial charge < -0.3 is 15.1 Å². The first kappa shape index (κ1) is 24.6. The van der Waals surface area contributed by atoms with E-state index in [0.29, 0.717) is 11.7 Å². The number of anilines is 1. The predicted octanol–water partition coefficient (Wildman–Crippen LogP) is 2.67. The van der Waals surface area contributed by atoms with E-state index < -0.39 is 0 Å². The van der Waals surface area contributed by atoms with E-state index in [-0.39, 0.29) is 24.3 Å². The molecule has 1 rings (SSSR count). The minimum Gasteiger partial charge on any atom is -0.334 e. The molecule has 1 aromatic rings. The van der Waals surface area contributed by atoms with E-state index in [1.807, 2.05) is 13.8 Å². The minimum atomic E-state index is -0.165. The first-order chi connectivity index (χ1) is 13.4. The number of hydrogen-bond donors (Lipinski definition) is 2. The quantitative estimate of drug-likeness (QED) is 0.524. The second kappa shape index (κ2) is 12.9. The summed E-state index contributed by atoms with van der Waals surface area (Å²) in [4.78, 5) is 34.4. The highest BCUT2D eigenvalue weighted by Gasteiger charge is 2.25. The Hall–Kier alpha value is -1.47. The fourth-order valence-corrected chi connectivity index (χ4v) is 4.06. The SMILES string of the molecule is CCCC[C@@H](CC)C(=O)N(CC[NH+](CC)CC)CC(=O)Nc1nc(C)c(C)s1. The first-order valence-electron chi connectivity index (χ1n) is 10.7. The number of rotatable bonds is 13. The molecule has 1 heterocycles. The Bertz CT molecular complexity index is 594. The first-order valence-corrected chi connectivity index (χ1v) is 11.5. The van der Waals surface area contributed by atoms with Gasteiger partial charge in [0.15, 0.2) is 5.13 Å². The van der Waals surface area contributed by atoms with Gasteiger partial charge in [0.25, 0.3) is 0 Å². The van der Waals surface area contributed by atoms with Gasteiger partial charge in [0, 0.05) is 10.8 Å². The van der Waals surface area contributed by atoms with Crippen LogP contribution in [0.3, 0.4) is 0 Å². The molecule has 0 fully saturated rings. The molecule has 160 valence electrons. The van der Waals surface area contributed by atoms with Crippen molar-refractivity contribution in [2.24, 2.45) is 5.92 Å². The number of nitrogens with zero attached hydrogens (tertiary/aromatic N) is 2. The van der Waals surface area contributed by atoms with Crippen LogP contribution in [-0.4, -0.2) is 54.4 Å². The molecule has 0 saturated carbocycles. The number of quaternary nitrogens is 1. The Labute approximate surface area is 174 Å². The van der Waals surface area contributed by atoms with Crippen molar-refractivity contribution in [1.29, 1.82) is 0 Å². The van der Waals surface area contributed by atoms with Gasteiger partial charge in [0.2, 0.25) is 11.8 Å². The molecular weight excluding hydrogens is 372 g/mol. The van der Waals surface area contributed by atoms with Crippen molar-refractivity contribution in [2.45, 2.75) is 67.2 Å². The van der Waals surface area contributed by atoms with E-state index in [0.717, 1.165) is 55.9 Å². The summed E-state index contributed by atoms with van der Waals surface area (Å²) < 4.78 is 0. The molecule has 7 heteroatoms. The molecule has 0 aliphatic rings. The zero-order valence-corrected chi connectivity index (χ0v) is 19.4. The van der Waals surface area contributed by atoms with Gasteiger partial charge in [0.1, 0.15) is 6.54 Å².